The number of ether oxygens (including phenoxy) is 2. The minimum atomic E-state index is -0.555. The van der Waals surface area contributed by atoms with Crippen molar-refractivity contribution in [2.75, 3.05) is 6.61 Å². The van der Waals surface area contributed by atoms with Crippen molar-refractivity contribution in [3.8, 4) is 5.75 Å². The molecule has 2 aromatic carbocycles. The van der Waals surface area contributed by atoms with Gasteiger partial charge in [-0.3, -0.25) is 0 Å². The van der Waals surface area contributed by atoms with Crippen molar-refractivity contribution in [2.45, 2.75) is 13.3 Å². The summed E-state index contributed by atoms with van der Waals surface area (Å²) in [5.74, 6) is -0.0211. The van der Waals surface area contributed by atoms with Crippen molar-refractivity contribution in [3.05, 3.63) is 66.2 Å². The van der Waals surface area contributed by atoms with Crippen LogP contribution >= 0.6 is 45.2 Å². The van der Waals surface area contributed by atoms with Gasteiger partial charge in [-0.05, 0) is 93.6 Å². The first-order valence-electron chi connectivity index (χ1n) is 7.88. The maximum absolute atomic E-state index is 13.4. The first-order valence-corrected chi connectivity index (χ1v) is 10.0. The number of carbonyl (C=O) groups is 1. The smallest absolute Gasteiger partial charge is 0.363 e. The molecule has 0 saturated heterocycles. The largest absolute Gasteiger partial charge is 0.491 e. The van der Waals surface area contributed by atoms with Crippen LogP contribution in [0.5, 0.6) is 5.75 Å². The number of benzene rings is 2. The Morgan fingerprint density at radius 2 is 1.96 bits per heavy atom. The molecule has 0 radical (unpaired) electrons. The monoisotopic (exact) mass is 577 g/mol. The van der Waals surface area contributed by atoms with Gasteiger partial charge in [-0.1, -0.05) is 13.0 Å². The number of carbonyl (C=O) groups excluding carboxylic acids is 1. The van der Waals surface area contributed by atoms with Crippen LogP contribution in [-0.4, -0.2) is 18.5 Å². The minimum Gasteiger partial charge on any atom is -0.491 e. The molecule has 0 saturated carbocycles. The fourth-order valence-electron chi connectivity index (χ4n) is 2.32. The second-order valence-electron chi connectivity index (χ2n) is 5.51. The second-order valence-corrected chi connectivity index (χ2v) is 7.83. The lowest BCUT2D eigenvalue weighted by molar-refractivity contribution is -0.129. The van der Waals surface area contributed by atoms with E-state index in [0.717, 1.165) is 24.9 Å². The van der Waals surface area contributed by atoms with Crippen LogP contribution < -0.4 is 4.74 Å². The van der Waals surface area contributed by atoms with Crippen LogP contribution in [0.15, 0.2) is 47.1 Å². The third-order valence-electron chi connectivity index (χ3n) is 3.47. The quantitative estimate of drug-likeness (QED) is 0.280. The molecule has 0 N–H and O–H groups in total. The van der Waals surface area contributed by atoms with Crippen molar-refractivity contribution in [3.63, 3.8) is 0 Å². The second kappa shape index (κ2) is 8.47. The average molecular weight is 577 g/mol. The van der Waals surface area contributed by atoms with Gasteiger partial charge < -0.3 is 9.47 Å². The molecule has 1 aliphatic rings. The van der Waals surface area contributed by atoms with E-state index in [1.54, 1.807) is 18.2 Å². The Morgan fingerprint density at radius 1 is 1.23 bits per heavy atom. The van der Waals surface area contributed by atoms with Gasteiger partial charge in [0.1, 0.15) is 11.6 Å². The molecule has 0 aliphatic carbocycles. The molecule has 0 atom stereocenters. The Bertz CT molecular complexity index is 902. The Labute approximate surface area is 177 Å². The number of hydrogen-bond donors (Lipinski definition) is 0. The van der Waals surface area contributed by atoms with Crippen molar-refractivity contribution in [1.82, 2.24) is 0 Å². The van der Waals surface area contributed by atoms with Crippen LogP contribution in [0.4, 0.5) is 4.39 Å². The Morgan fingerprint density at radius 3 is 2.62 bits per heavy atom. The summed E-state index contributed by atoms with van der Waals surface area (Å²) in [5, 5.41) is 0. The third kappa shape index (κ3) is 4.43. The molecule has 1 heterocycles. The minimum absolute atomic E-state index is 0.105. The predicted molar refractivity (Wildman–Crippen MR) is 115 cm³/mol. The lowest BCUT2D eigenvalue weighted by Gasteiger charge is -2.10. The molecule has 4 nitrogen and oxygen atoms in total. The molecular weight excluding hydrogens is 563 g/mol. The molecule has 0 fully saturated rings. The summed E-state index contributed by atoms with van der Waals surface area (Å²) in [4.78, 5) is 16.3. The van der Waals surface area contributed by atoms with Gasteiger partial charge in [0, 0.05) is 5.56 Å². The molecular formula is C19H14FI2NO3. The van der Waals surface area contributed by atoms with E-state index in [1.165, 1.54) is 12.1 Å². The zero-order chi connectivity index (χ0) is 18.7. The first kappa shape index (κ1) is 19.3. The van der Waals surface area contributed by atoms with Crippen LogP contribution in [0.3, 0.4) is 0 Å². The van der Waals surface area contributed by atoms with E-state index in [-0.39, 0.29) is 11.6 Å². The Balaban J connectivity index is 1.91. The van der Waals surface area contributed by atoms with Crippen LogP contribution in [0.2, 0.25) is 0 Å². The highest BCUT2D eigenvalue weighted by molar-refractivity contribution is 14.1. The van der Waals surface area contributed by atoms with Gasteiger partial charge in [0.2, 0.25) is 5.90 Å². The fraction of sp³-hybridized carbons (Fsp3) is 0.158. The zero-order valence-corrected chi connectivity index (χ0v) is 18.1. The standard InChI is InChI=1S/C19H14FI2NO3/c1-2-6-25-17-14(21)7-11(8-15(17)22)9-16-19(24)26-18(23-16)12-4-3-5-13(20)10-12/h3-5,7-10H,2,6H2,1H3/b16-9-. The van der Waals surface area contributed by atoms with E-state index in [1.807, 2.05) is 12.1 Å². The molecule has 0 amide bonds. The number of hydrogen-bond acceptors (Lipinski definition) is 4. The van der Waals surface area contributed by atoms with E-state index in [9.17, 15) is 9.18 Å². The average Bonchev–Trinajstić information content (AvgIpc) is 2.95. The summed E-state index contributed by atoms with van der Waals surface area (Å²) in [6.45, 7) is 2.71. The Hall–Kier alpha value is -1.49. The molecule has 2 aromatic rings. The van der Waals surface area contributed by atoms with E-state index < -0.39 is 11.8 Å². The van der Waals surface area contributed by atoms with Crippen LogP contribution in [-0.2, 0) is 9.53 Å². The summed E-state index contributed by atoms with van der Waals surface area (Å²) in [7, 11) is 0. The molecule has 134 valence electrons. The predicted octanol–water partition coefficient (Wildman–Crippen LogP) is 5.17. The summed E-state index contributed by atoms with van der Waals surface area (Å²) in [6.07, 6.45) is 2.59. The molecule has 3 rings (SSSR count). The van der Waals surface area contributed by atoms with Gasteiger partial charge in [-0.2, -0.15) is 0 Å². The van der Waals surface area contributed by atoms with E-state index in [2.05, 4.69) is 57.1 Å². The molecule has 0 bridgehead atoms. The molecule has 1 aliphatic heterocycles. The van der Waals surface area contributed by atoms with Crippen LogP contribution in [0.1, 0.15) is 24.5 Å². The van der Waals surface area contributed by atoms with E-state index in [4.69, 9.17) is 9.47 Å². The number of esters is 1. The molecule has 26 heavy (non-hydrogen) atoms. The van der Waals surface area contributed by atoms with Crippen molar-refractivity contribution < 1.29 is 18.7 Å². The van der Waals surface area contributed by atoms with E-state index in [0.29, 0.717) is 12.2 Å². The number of cyclic esters (lactones) is 1. The van der Waals surface area contributed by atoms with Gasteiger partial charge in [0.25, 0.3) is 0 Å². The summed E-state index contributed by atoms with van der Waals surface area (Å²) < 4.78 is 26.2. The molecule has 0 aromatic heterocycles. The number of rotatable bonds is 5. The number of nitrogens with zero attached hydrogens (tertiary/aromatic N) is 1. The highest BCUT2D eigenvalue weighted by Crippen LogP contribution is 2.30. The van der Waals surface area contributed by atoms with Crippen molar-refractivity contribution >= 4 is 63.1 Å². The summed E-state index contributed by atoms with van der Waals surface area (Å²) in [6, 6.07) is 9.63. The lowest BCUT2D eigenvalue weighted by atomic mass is 10.2. The van der Waals surface area contributed by atoms with Crippen molar-refractivity contribution in [2.24, 2.45) is 4.99 Å². The van der Waals surface area contributed by atoms with Gasteiger partial charge in [0.15, 0.2) is 5.70 Å². The maximum Gasteiger partial charge on any atom is 0.363 e. The fourth-order valence-corrected chi connectivity index (χ4v) is 4.44. The SMILES string of the molecule is CCCOc1c(I)cc(/C=C2\N=C(c3cccc(F)c3)OC2=O)cc1I. The first-order chi connectivity index (χ1) is 12.5. The van der Waals surface area contributed by atoms with E-state index >= 15 is 0 Å². The summed E-state index contributed by atoms with van der Waals surface area (Å²) >= 11 is 4.41. The number of aliphatic imine (C=N–C) groups is 1. The normalized spacial score (nSPS) is 15.2. The van der Waals surface area contributed by atoms with Gasteiger partial charge in [-0.15, -0.1) is 0 Å². The number of halogens is 3. The topological polar surface area (TPSA) is 47.9 Å². The third-order valence-corrected chi connectivity index (χ3v) is 5.07. The lowest BCUT2D eigenvalue weighted by Crippen LogP contribution is -2.05. The Kier molecular flexibility index (Phi) is 6.28. The van der Waals surface area contributed by atoms with Gasteiger partial charge >= 0.3 is 5.97 Å². The molecule has 0 spiro atoms. The molecule has 0 unspecified atom stereocenters. The highest BCUT2D eigenvalue weighted by atomic mass is 127. The van der Waals surface area contributed by atoms with Crippen LogP contribution in [0.25, 0.3) is 6.08 Å². The van der Waals surface area contributed by atoms with Crippen molar-refractivity contribution in [1.29, 1.82) is 0 Å². The zero-order valence-electron chi connectivity index (χ0n) is 13.8. The highest BCUT2D eigenvalue weighted by Gasteiger charge is 2.24. The van der Waals surface area contributed by atoms with Gasteiger partial charge in [0.05, 0.1) is 13.7 Å². The summed E-state index contributed by atoms with van der Waals surface area (Å²) in [5.41, 5.74) is 1.42. The van der Waals surface area contributed by atoms with Gasteiger partial charge in [-0.25, -0.2) is 14.2 Å². The maximum atomic E-state index is 13.4. The van der Waals surface area contributed by atoms with Crippen LogP contribution in [0, 0.1) is 13.0 Å². The molecule has 7 heteroatoms.